The number of rotatable bonds is 6. The van der Waals surface area contributed by atoms with Crippen LogP contribution < -0.4 is 10.1 Å². The van der Waals surface area contributed by atoms with Gasteiger partial charge in [-0.1, -0.05) is 29.3 Å². The number of aliphatic imine (C=N–C) groups is 1. The van der Waals surface area contributed by atoms with Crippen molar-refractivity contribution in [3.8, 4) is 5.75 Å². The van der Waals surface area contributed by atoms with E-state index in [0.29, 0.717) is 35.6 Å². The number of benzene rings is 1. The molecule has 9 heteroatoms. The van der Waals surface area contributed by atoms with E-state index in [0.717, 1.165) is 31.2 Å². The predicted octanol–water partition coefficient (Wildman–Crippen LogP) is 3.14. The van der Waals surface area contributed by atoms with Crippen LogP contribution in [-0.4, -0.2) is 60.0 Å². The summed E-state index contributed by atoms with van der Waals surface area (Å²) in [6.45, 7) is 5.89. The van der Waals surface area contributed by atoms with Crippen molar-refractivity contribution in [3.05, 3.63) is 46.2 Å². The van der Waals surface area contributed by atoms with E-state index in [2.05, 4.69) is 22.2 Å². The van der Waals surface area contributed by atoms with E-state index in [9.17, 15) is 0 Å². The van der Waals surface area contributed by atoms with Crippen molar-refractivity contribution < 1.29 is 9.47 Å². The van der Waals surface area contributed by atoms with Crippen LogP contribution in [-0.2, 0) is 11.8 Å². The van der Waals surface area contributed by atoms with Gasteiger partial charge in [-0.3, -0.25) is 4.68 Å². The maximum absolute atomic E-state index is 6.15. The molecule has 1 atom stereocenters. The van der Waals surface area contributed by atoms with Crippen molar-refractivity contribution in [1.82, 2.24) is 20.0 Å². The van der Waals surface area contributed by atoms with Crippen molar-refractivity contribution in [2.75, 3.05) is 39.4 Å². The Labute approximate surface area is 175 Å². The van der Waals surface area contributed by atoms with Gasteiger partial charge in [0.2, 0.25) is 0 Å². The molecule has 1 aliphatic rings. The molecule has 28 heavy (non-hydrogen) atoms. The second kappa shape index (κ2) is 10.0. The van der Waals surface area contributed by atoms with Crippen molar-refractivity contribution in [3.63, 3.8) is 0 Å². The summed E-state index contributed by atoms with van der Waals surface area (Å²) in [7, 11) is 1.90. The Morgan fingerprint density at radius 3 is 3.04 bits per heavy atom. The molecule has 2 aromatic rings. The van der Waals surface area contributed by atoms with Crippen LogP contribution in [0.4, 0.5) is 0 Å². The molecule has 1 aliphatic heterocycles. The molecule has 152 valence electrons. The number of nitrogens with zero attached hydrogens (tertiary/aromatic N) is 4. The summed E-state index contributed by atoms with van der Waals surface area (Å²) in [6.07, 6.45) is 3.81. The van der Waals surface area contributed by atoms with Crippen LogP contribution in [0, 0.1) is 0 Å². The molecule has 7 nitrogen and oxygen atoms in total. The minimum absolute atomic E-state index is 0.0205. The number of aryl methyl sites for hydroxylation is 1. The van der Waals surface area contributed by atoms with Crippen LogP contribution in [0.3, 0.4) is 0 Å². The molecule has 1 aromatic carbocycles. The van der Waals surface area contributed by atoms with Crippen molar-refractivity contribution in [2.24, 2.45) is 12.0 Å². The Bertz CT molecular complexity index is 811. The highest BCUT2D eigenvalue weighted by Gasteiger charge is 2.25. The lowest BCUT2D eigenvalue weighted by molar-refractivity contribution is -0.00805. The third-order valence-electron chi connectivity index (χ3n) is 4.32. The van der Waals surface area contributed by atoms with E-state index in [1.165, 1.54) is 0 Å². The summed E-state index contributed by atoms with van der Waals surface area (Å²) >= 11 is 12.2. The zero-order valence-electron chi connectivity index (χ0n) is 16.1. The summed E-state index contributed by atoms with van der Waals surface area (Å²) in [4.78, 5) is 6.90. The van der Waals surface area contributed by atoms with Gasteiger partial charge >= 0.3 is 0 Å². The maximum atomic E-state index is 6.15. The average Bonchev–Trinajstić information content (AvgIpc) is 3.14. The lowest BCUT2D eigenvalue weighted by Gasteiger charge is -2.34. The number of ether oxygens (including phenoxy) is 2. The Balaban J connectivity index is 1.59. The Morgan fingerprint density at radius 2 is 2.29 bits per heavy atom. The Kier molecular flexibility index (Phi) is 7.42. The quantitative estimate of drug-likeness (QED) is 0.437. The molecule has 3 rings (SSSR count). The largest absolute Gasteiger partial charge is 0.490 e. The van der Waals surface area contributed by atoms with E-state index < -0.39 is 0 Å². The summed E-state index contributed by atoms with van der Waals surface area (Å²) in [5.74, 6) is 1.41. The standard InChI is InChI=1S/C19H25Cl2N5O2/c1-3-22-19(23-7-9-27-16-6-4-5-15(20)18(16)21)26-8-10-28-17(13-26)14-11-24-25(2)12-14/h4-6,11-12,17H,3,7-10,13H2,1-2H3,(H,22,23). The fourth-order valence-corrected chi connectivity index (χ4v) is 3.32. The predicted molar refractivity (Wildman–Crippen MR) is 111 cm³/mol. The first-order valence-corrected chi connectivity index (χ1v) is 10.0. The minimum Gasteiger partial charge on any atom is -0.490 e. The van der Waals surface area contributed by atoms with Crippen LogP contribution in [0.15, 0.2) is 35.6 Å². The van der Waals surface area contributed by atoms with E-state index in [1.807, 2.05) is 25.5 Å². The van der Waals surface area contributed by atoms with Gasteiger partial charge in [0.05, 0.1) is 30.9 Å². The number of guanidine groups is 1. The molecule has 0 aliphatic carbocycles. The molecular weight excluding hydrogens is 401 g/mol. The first kappa shape index (κ1) is 20.8. The SMILES string of the molecule is CCNC(=NCCOc1cccc(Cl)c1Cl)N1CCOC(c2cnn(C)c2)C1. The molecule has 1 fully saturated rings. The topological polar surface area (TPSA) is 63.9 Å². The van der Waals surface area contributed by atoms with Crippen LogP contribution in [0.25, 0.3) is 0 Å². The minimum atomic E-state index is -0.0205. The van der Waals surface area contributed by atoms with Gasteiger partial charge in [0.25, 0.3) is 0 Å². The van der Waals surface area contributed by atoms with E-state index in [4.69, 9.17) is 37.7 Å². The molecule has 0 bridgehead atoms. The Hall–Kier alpha value is -1.96. The normalized spacial score (nSPS) is 17.6. The van der Waals surface area contributed by atoms with Crippen molar-refractivity contribution in [1.29, 1.82) is 0 Å². The van der Waals surface area contributed by atoms with Crippen LogP contribution in [0.1, 0.15) is 18.6 Å². The summed E-state index contributed by atoms with van der Waals surface area (Å²) < 4.78 is 13.4. The average molecular weight is 426 g/mol. The highest BCUT2D eigenvalue weighted by atomic mass is 35.5. The van der Waals surface area contributed by atoms with Crippen LogP contribution >= 0.6 is 23.2 Å². The van der Waals surface area contributed by atoms with Crippen LogP contribution in [0.2, 0.25) is 10.0 Å². The lowest BCUT2D eigenvalue weighted by atomic mass is 10.1. The Morgan fingerprint density at radius 1 is 1.43 bits per heavy atom. The number of morpholine rings is 1. The monoisotopic (exact) mass is 425 g/mol. The zero-order chi connectivity index (χ0) is 19.9. The van der Waals surface area contributed by atoms with Gasteiger partial charge in [-0.15, -0.1) is 0 Å². The number of halogens is 2. The van der Waals surface area contributed by atoms with Crippen molar-refractivity contribution >= 4 is 29.2 Å². The smallest absolute Gasteiger partial charge is 0.194 e. The third kappa shape index (κ3) is 5.31. The molecule has 1 aromatic heterocycles. The van der Waals surface area contributed by atoms with E-state index >= 15 is 0 Å². The summed E-state index contributed by atoms with van der Waals surface area (Å²) in [5, 5.41) is 8.48. The summed E-state index contributed by atoms with van der Waals surface area (Å²) in [5.41, 5.74) is 1.07. The van der Waals surface area contributed by atoms with Gasteiger partial charge < -0.3 is 19.7 Å². The number of hydrogen-bond acceptors (Lipinski definition) is 4. The van der Waals surface area contributed by atoms with Crippen LogP contribution in [0.5, 0.6) is 5.75 Å². The third-order valence-corrected chi connectivity index (χ3v) is 5.13. The van der Waals surface area contributed by atoms with Crippen molar-refractivity contribution in [2.45, 2.75) is 13.0 Å². The lowest BCUT2D eigenvalue weighted by Crippen LogP contribution is -2.48. The molecule has 1 unspecified atom stereocenters. The molecule has 0 radical (unpaired) electrons. The van der Waals surface area contributed by atoms with Gasteiger partial charge in [0, 0.05) is 31.9 Å². The maximum Gasteiger partial charge on any atom is 0.194 e. The fraction of sp³-hybridized carbons (Fsp3) is 0.474. The molecule has 2 heterocycles. The number of aromatic nitrogens is 2. The van der Waals surface area contributed by atoms with E-state index in [1.54, 1.807) is 16.8 Å². The first-order chi connectivity index (χ1) is 13.6. The number of nitrogens with one attached hydrogen (secondary N) is 1. The number of hydrogen-bond donors (Lipinski definition) is 1. The fourth-order valence-electron chi connectivity index (χ4n) is 2.98. The molecule has 1 saturated heterocycles. The second-order valence-corrected chi connectivity index (χ2v) is 7.17. The molecule has 0 saturated carbocycles. The highest BCUT2D eigenvalue weighted by molar-refractivity contribution is 6.42. The van der Waals surface area contributed by atoms with E-state index in [-0.39, 0.29) is 6.10 Å². The molecule has 0 amide bonds. The zero-order valence-corrected chi connectivity index (χ0v) is 17.6. The van der Waals surface area contributed by atoms with Gasteiger partial charge in [0.1, 0.15) is 23.5 Å². The van der Waals surface area contributed by atoms with Gasteiger partial charge in [-0.05, 0) is 19.1 Å². The summed E-state index contributed by atoms with van der Waals surface area (Å²) in [6, 6.07) is 5.34. The highest BCUT2D eigenvalue weighted by Crippen LogP contribution is 2.31. The molecule has 1 N–H and O–H groups in total. The molecular formula is C19H25Cl2N5O2. The van der Waals surface area contributed by atoms with Gasteiger partial charge in [-0.25, -0.2) is 4.99 Å². The van der Waals surface area contributed by atoms with Gasteiger partial charge in [-0.2, -0.15) is 5.10 Å². The molecule has 0 spiro atoms. The second-order valence-electron chi connectivity index (χ2n) is 6.39. The van der Waals surface area contributed by atoms with Gasteiger partial charge in [0.15, 0.2) is 5.96 Å². The first-order valence-electron chi connectivity index (χ1n) is 9.28.